The maximum Gasteiger partial charge on any atom is 0.255 e. The number of hydrogen-bond donors (Lipinski definition) is 1. The average molecular weight is 352 g/mol. The van der Waals surface area contributed by atoms with Gasteiger partial charge in [-0.15, -0.1) is 0 Å². The van der Waals surface area contributed by atoms with Gasteiger partial charge in [-0.05, 0) is 54.7 Å². The summed E-state index contributed by atoms with van der Waals surface area (Å²) in [5.41, 5.74) is 4.48. The maximum atomic E-state index is 12.5. The van der Waals surface area contributed by atoms with Gasteiger partial charge in [0.25, 0.3) is 11.8 Å². The minimum atomic E-state index is -0.154. The molecule has 1 aliphatic heterocycles. The van der Waals surface area contributed by atoms with E-state index in [1.54, 1.807) is 4.90 Å². The molecule has 0 saturated heterocycles. The Morgan fingerprint density at radius 2 is 1.92 bits per heavy atom. The van der Waals surface area contributed by atoms with Crippen LogP contribution in [0.4, 0.5) is 11.4 Å². The van der Waals surface area contributed by atoms with Gasteiger partial charge in [0, 0.05) is 30.6 Å². The van der Waals surface area contributed by atoms with Crippen molar-refractivity contribution in [2.24, 2.45) is 0 Å². The smallest absolute Gasteiger partial charge is 0.255 e. The summed E-state index contributed by atoms with van der Waals surface area (Å²) in [4.78, 5) is 26.5. The molecule has 0 fully saturated rings. The van der Waals surface area contributed by atoms with Crippen molar-refractivity contribution < 1.29 is 14.3 Å². The van der Waals surface area contributed by atoms with Crippen molar-refractivity contribution in [3.05, 3.63) is 59.2 Å². The van der Waals surface area contributed by atoms with Crippen LogP contribution >= 0.6 is 0 Å². The lowest BCUT2D eigenvalue weighted by atomic mass is 10.0. The number of methoxy groups -OCH3 is 1. The molecule has 1 heterocycles. The van der Waals surface area contributed by atoms with E-state index in [1.165, 1.54) is 12.7 Å². The van der Waals surface area contributed by atoms with Crippen LogP contribution in [-0.4, -0.2) is 32.1 Å². The first-order chi connectivity index (χ1) is 12.6. The van der Waals surface area contributed by atoms with Gasteiger partial charge >= 0.3 is 0 Å². The Morgan fingerprint density at radius 3 is 2.62 bits per heavy atom. The Hall–Kier alpha value is -2.66. The molecule has 0 atom stereocenters. The molecule has 0 spiro atoms. The van der Waals surface area contributed by atoms with E-state index in [0.717, 1.165) is 30.5 Å². The Balaban J connectivity index is 1.79. The Morgan fingerprint density at radius 1 is 1.15 bits per heavy atom. The third-order valence-corrected chi connectivity index (χ3v) is 4.66. The van der Waals surface area contributed by atoms with Gasteiger partial charge in [-0.25, -0.2) is 0 Å². The zero-order chi connectivity index (χ0) is 18.5. The van der Waals surface area contributed by atoms with E-state index >= 15 is 0 Å². The van der Waals surface area contributed by atoms with Gasteiger partial charge in [0.05, 0.1) is 0 Å². The van der Waals surface area contributed by atoms with Crippen LogP contribution in [0.3, 0.4) is 0 Å². The van der Waals surface area contributed by atoms with Gasteiger partial charge < -0.3 is 15.0 Å². The molecule has 0 radical (unpaired) electrons. The molecule has 136 valence electrons. The van der Waals surface area contributed by atoms with Crippen LogP contribution in [0.15, 0.2) is 42.5 Å². The lowest BCUT2D eigenvalue weighted by molar-refractivity contribution is -0.122. The molecule has 2 aromatic carbocycles. The topological polar surface area (TPSA) is 58.6 Å². The highest BCUT2D eigenvalue weighted by molar-refractivity contribution is 6.05. The highest BCUT2D eigenvalue weighted by Crippen LogP contribution is 2.30. The molecule has 0 unspecified atom stereocenters. The van der Waals surface area contributed by atoms with E-state index < -0.39 is 0 Å². The lowest BCUT2D eigenvalue weighted by Gasteiger charge is -2.29. The summed E-state index contributed by atoms with van der Waals surface area (Å²) in [5.74, 6) is -0.217. The number of anilines is 2. The number of carbonyl (C=O) groups is 2. The quantitative estimate of drug-likeness (QED) is 0.897. The van der Waals surface area contributed by atoms with Gasteiger partial charge in [-0.2, -0.15) is 0 Å². The molecule has 2 aromatic rings. The number of nitrogens with zero attached hydrogens (tertiary/aromatic N) is 1. The second kappa shape index (κ2) is 8.15. The Labute approximate surface area is 154 Å². The van der Waals surface area contributed by atoms with Crippen LogP contribution in [0.1, 0.15) is 34.8 Å². The van der Waals surface area contributed by atoms with Crippen LogP contribution in [0.5, 0.6) is 0 Å². The molecule has 0 saturated carbocycles. The van der Waals surface area contributed by atoms with Crippen LogP contribution < -0.4 is 10.2 Å². The molecular weight excluding hydrogens is 328 g/mol. The zero-order valence-corrected chi connectivity index (χ0v) is 15.2. The Kier molecular flexibility index (Phi) is 5.68. The van der Waals surface area contributed by atoms with Crippen LogP contribution in [-0.2, 0) is 22.4 Å². The van der Waals surface area contributed by atoms with Crippen molar-refractivity contribution in [2.45, 2.75) is 26.2 Å². The van der Waals surface area contributed by atoms with Crippen LogP contribution in [0, 0.1) is 0 Å². The third kappa shape index (κ3) is 3.94. The fourth-order valence-corrected chi connectivity index (χ4v) is 3.21. The van der Waals surface area contributed by atoms with E-state index in [2.05, 4.69) is 12.2 Å². The molecule has 0 bridgehead atoms. The second-order valence-corrected chi connectivity index (χ2v) is 6.43. The molecule has 26 heavy (non-hydrogen) atoms. The van der Waals surface area contributed by atoms with E-state index in [0.29, 0.717) is 17.8 Å². The number of nitrogens with one attached hydrogen (secondary N) is 1. The lowest BCUT2D eigenvalue weighted by Crippen LogP contribution is -2.37. The van der Waals surface area contributed by atoms with Crippen molar-refractivity contribution in [1.82, 2.24) is 0 Å². The van der Waals surface area contributed by atoms with E-state index in [-0.39, 0.29) is 18.4 Å². The molecule has 0 aliphatic carbocycles. The Bertz CT molecular complexity index is 799. The van der Waals surface area contributed by atoms with Gasteiger partial charge in [0.2, 0.25) is 0 Å². The minimum absolute atomic E-state index is 0.0554. The molecule has 3 rings (SSSR count). The first-order valence-corrected chi connectivity index (χ1v) is 8.95. The monoisotopic (exact) mass is 352 g/mol. The summed E-state index contributed by atoms with van der Waals surface area (Å²) >= 11 is 0. The predicted molar refractivity (Wildman–Crippen MR) is 103 cm³/mol. The normalized spacial score (nSPS) is 13.2. The van der Waals surface area contributed by atoms with Crippen molar-refractivity contribution in [1.29, 1.82) is 0 Å². The summed E-state index contributed by atoms with van der Waals surface area (Å²) < 4.78 is 4.98. The standard InChI is InChI=1S/C21H24N2O3/c1-3-15-6-8-17(9-7-15)21(25)22-18-11-10-16-5-4-12-23(19(16)13-18)20(24)14-26-2/h6-11,13H,3-5,12,14H2,1-2H3,(H,22,25). The number of ether oxygens (including phenoxy) is 1. The third-order valence-electron chi connectivity index (χ3n) is 4.66. The van der Waals surface area contributed by atoms with E-state index in [4.69, 9.17) is 4.74 Å². The second-order valence-electron chi connectivity index (χ2n) is 6.43. The summed E-state index contributed by atoms with van der Waals surface area (Å²) in [6, 6.07) is 13.3. The van der Waals surface area contributed by atoms with Gasteiger partial charge in [0.15, 0.2) is 0 Å². The molecule has 5 heteroatoms. The number of amides is 2. The number of aryl methyl sites for hydroxylation is 2. The average Bonchev–Trinajstić information content (AvgIpc) is 2.67. The highest BCUT2D eigenvalue weighted by Gasteiger charge is 2.23. The van der Waals surface area contributed by atoms with Gasteiger partial charge in [-0.3, -0.25) is 9.59 Å². The van der Waals surface area contributed by atoms with Crippen molar-refractivity contribution in [3.8, 4) is 0 Å². The number of carbonyl (C=O) groups excluding carboxylic acids is 2. The van der Waals surface area contributed by atoms with Crippen molar-refractivity contribution in [3.63, 3.8) is 0 Å². The van der Waals surface area contributed by atoms with Gasteiger partial charge in [-0.1, -0.05) is 25.1 Å². The molecule has 0 aromatic heterocycles. The summed E-state index contributed by atoms with van der Waals surface area (Å²) in [7, 11) is 1.52. The van der Waals surface area contributed by atoms with Crippen molar-refractivity contribution >= 4 is 23.2 Å². The van der Waals surface area contributed by atoms with Crippen molar-refractivity contribution in [2.75, 3.05) is 30.5 Å². The van der Waals surface area contributed by atoms with Crippen LogP contribution in [0.2, 0.25) is 0 Å². The highest BCUT2D eigenvalue weighted by atomic mass is 16.5. The van der Waals surface area contributed by atoms with E-state index in [1.807, 2.05) is 42.5 Å². The molecule has 1 aliphatic rings. The zero-order valence-electron chi connectivity index (χ0n) is 15.2. The van der Waals surface area contributed by atoms with Crippen LogP contribution in [0.25, 0.3) is 0 Å². The number of fused-ring (bicyclic) bond motifs is 1. The number of hydrogen-bond acceptors (Lipinski definition) is 3. The maximum absolute atomic E-state index is 12.5. The fourth-order valence-electron chi connectivity index (χ4n) is 3.21. The SMILES string of the molecule is CCc1ccc(C(=O)Nc2ccc3c(c2)N(C(=O)COC)CCC3)cc1. The van der Waals surface area contributed by atoms with E-state index in [9.17, 15) is 9.59 Å². The van der Waals surface area contributed by atoms with Gasteiger partial charge in [0.1, 0.15) is 6.61 Å². The number of rotatable bonds is 5. The summed E-state index contributed by atoms with van der Waals surface area (Å²) in [6.07, 6.45) is 2.80. The molecule has 1 N–H and O–H groups in total. The predicted octanol–water partition coefficient (Wildman–Crippen LogP) is 3.43. The first-order valence-electron chi connectivity index (χ1n) is 8.95. The molecule has 2 amide bonds. The molecular formula is C21H24N2O3. The largest absolute Gasteiger partial charge is 0.375 e. The summed E-state index contributed by atoms with van der Waals surface area (Å²) in [5, 5.41) is 2.93. The minimum Gasteiger partial charge on any atom is -0.375 e. The number of benzene rings is 2. The molecule has 5 nitrogen and oxygen atoms in total. The summed E-state index contributed by atoms with van der Waals surface area (Å²) in [6.45, 7) is 2.81. The fraction of sp³-hybridized carbons (Fsp3) is 0.333. The first kappa shape index (κ1) is 18.1.